The van der Waals surface area contributed by atoms with E-state index in [0.29, 0.717) is 28.6 Å². The van der Waals surface area contributed by atoms with Crippen LogP contribution in [-0.4, -0.2) is 24.7 Å². The van der Waals surface area contributed by atoms with Crippen LogP contribution in [0.15, 0.2) is 28.7 Å². The number of hydrogen-bond donors (Lipinski definition) is 1. The molecule has 0 aliphatic heterocycles. The van der Waals surface area contributed by atoms with Gasteiger partial charge in [0.15, 0.2) is 0 Å². The highest BCUT2D eigenvalue weighted by atomic mass is 32.2. The van der Waals surface area contributed by atoms with Crippen LogP contribution >= 0.6 is 11.8 Å². The summed E-state index contributed by atoms with van der Waals surface area (Å²) in [7, 11) is 1.33. The molecule has 0 aliphatic carbocycles. The summed E-state index contributed by atoms with van der Waals surface area (Å²) in [5.41, 5.74) is 3.37. The highest BCUT2D eigenvalue weighted by molar-refractivity contribution is 7.99. The molecule has 1 amide bonds. The van der Waals surface area contributed by atoms with Crippen molar-refractivity contribution in [3.63, 3.8) is 0 Å². The molecule has 0 unspecified atom stereocenters. The SMILES string of the molecule is COC(=O)c1cc(CSCC(=O)Nc2c(C)cccc2C)oc1C. The third-order valence-electron chi connectivity index (χ3n) is 3.60. The average Bonchev–Trinajstić information content (AvgIpc) is 2.91. The lowest BCUT2D eigenvalue weighted by Crippen LogP contribution is -2.15. The number of aryl methyl sites for hydroxylation is 3. The smallest absolute Gasteiger partial charge is 0.341 e. The van der Waals surface area contributed by atoms with E-state index in [0.717, 1.165) is 16.8 Å². The molecule has 0 radical (unpaired) electrons. The van der Waals surface area contributed by atoms with E-state index in [4.69, 9.17) is 9.15 Å². The molecule has 0 spiro atoms. The molecule has 128 valence electrons. The van der Waals surface area contributed by atoms with Crippen molar-refractivity contribution in [2.45, 2.75) is 26.5 Å². The maximum absolute atomic E-state index is 12.1. The molecule has 0 atom stereocenters. The lowest BCUT2D eigenvalue weighted by molar-refractivity contribution is -0.113. The summed E-state index contributed by atoms with van der Waals surface area (Å²) in [6, 6.07) is 7.57. The van der Waals surface area contributed by atoms with Gasteiger partial charge >= 0.3 is 5.97 Å². The number of para-hydroxylation sites is 1. The van der Waals surface area contributed by atoms with E-state index in [-0.39, 0.29) is 5.91 Å². The number of methoxy groups -OCH3 is 1. The van der Waals surface area contributed by atoms with Gasteiger partial charge in [-0.2, -0.15) is 0 Å². The molecule has 6 heteroatoms. The fourth-order valence-electron chi connectivity index (χ4n) is 2.36. The van der Waals surface area contributed by atoms with Crippen molar-refractivity contribution in [2.75, 3.05) is 18.2 Å². The van der Waals surface area contributed by atoms with E-state index in [1.54, 1.807) is 13.0 Å². The van der Waals surface area contributed by atoms with Crippen LogP contribution in [-0.2, 0) is 15.3 Å². The minimum absolute atomic E-state index is 0.0612. The molecule has 5 nitrogen and oxygen atoms in total. The Balaban J connectivity index is 1.88. The van der Waals surface area contributed by atoms with Gasteiger partial charge in [0.25, 0.3) is 0 Å². The Bertz CT molecular complexity index is 731. The number of amides is 1. The summed E-state index contributed by atoms with van der Waals surface area (Å²) >= 11 is 1.43. The highest BCUT2D eigenvalue weighted by Gasteiger charge is 2.15. The number of ether oxygens (including phenoxy) is 1. The minimum Gasteiger partial charge on any atom is -0.465 e. The van der Waals surface area contributed by atoms with E-state index in [1.165, 1.54) is 18.9 Å². The first-order chi connectivity index (χ1) is 11.4. The molecular weight excluding hydrogens is 326 g/mol. The molecule has 0 bridgehead atoms. The predicted octanol–water partition coefficient (Wildman–Crippen LogP) is 3.86. The van der Waals surface area contributed by atoms with E-state index in [1.807, 2.05) is 32.0 Å². The van der Waals surface area contributed by atoms with Crippen LogP contribution in [0.3, 0.4) is 0 Å². The second-order valence-electron chi connectivity index (χ2n) is 5.48. The summed E-state index contributed by atoms with van der Waals surface area (Å²) in [6.45, 7) is 5.65. The predicted molar refractivity (Wildman–Crippen MR) is 95.5 cm³/mol. The number of carbonyl (C=O) groups excluding carboxylic acids is 2. The number of carbonyl (C=O) groups is 2. The monoisotopic (exact) mass is 347 g/mol. The molecule has 0 saturated carbocycles. The summed E-state index contributed by atoms with van der Waals surface area (Å²) in [6.07, 6.45) is 0. The first-order valence-corrected chi connectivity index (χ1v) is 8.69. The maximum Gasteiger partial charge on any atom is 0.341 e. The Hall–Kier alpha value is -2.21. The quantitative estimate of drug-likeness (QED) is 0.804. The number of benzene rings is 1. The van der Waals surface area contributed by atoms with Crippen molar-refractivity contribution in [3.05, 3.63) is 52.5 Å². The summed E-state index contributed by atoms with van der Waals surface area (Å²) in [5.74, 6) is 1.52. The van der Waals surface area contributed by atoms with Gasteiger partial charge in [-0.1, -0.05) is 18.2 Å². The first kappa shape index (κ1) is 18.1. The number of nitrogens with one attached hydrogen (secondary N) is 1. The lowest BCUT2D eigenvalue weighted by atomic mass is 10.1. The van der Waals surface area contributed by atoms with Gasteiger partial charge in [-0.15, -0.1) is 11.8 Å². The second kappa shape index (κ2) is 8.06. The van der Waals surface area contributed by atoms with Crippen LogP contribution in [0, 0.1) is 20.8 Å². The number of esters is 1. The van der Waals surface area contributed by atoms with Crippen molar-refractivity contribution in [1.82, 2.24) is 0 Å². The van der Waals surface area contributed by atoms with Crippen LogP contribution in [0.25, 0.3) is 0 Å². The van der Waals surface area contributed by atoms with E-state index >= 15 is 0 Å². The van der Waals surface area contributed by atoms with E-state index in [2.05, 4.69) is 5.32 Å². The Morgan fingerprint density at radius 1 is 1.21 bits per heavy atom. The zero-order valence-corrected chi connectivity index (χ0v) is 15.1. The highest BCUT2D eigenvalue weighted by Crippen LogP contribution is 2.22. The maximum atomic E-state index is 12.1. The Labute approximate surface area is 145 Å². The molecule has 0 saturated heterocycles. The van der Waals surface area contributed by atoms with Crippen LogP contribution in [0.4, 0.5) is 5.69 Å². The average molecular weight is 347 g/mol. The molecule has 1 aromatic carbocycles. The molecule has 1 aromatic heterocycles. The zero-order valence-electron chi connectivity index (χ0n) is 14.3. The Morgan fingerprint density at radius 3 is 2.50 bits per heavy atom. The lowest BCUT2D eigenvalue weighted by Gasteiger charge is -2.11. The van der Waals surface area contributed by atoms with Gasteiger partial charge in [-0.25, -0.2) is 4.79 Å². The normalized spacial score (nSPS) is 10.5. The Kier molecular flexibility index (Phi) is 6.09. The molecule has 0 aliphatic rings. The number of anilines is 1. The van der Waals surface area contributed by atoms with Crippen molar-refractivity contribution >= 4 is 29.3 Å². The van der Waals surface area contributed by atoms with Crippen LogP contribution < -0.4 is 5.32 Å². The second-order valence-corrected chi connectivity index (χ2v) is 6.47. The molecule has 1 N–H and O–H groups in total. The molecule has 2 aromatic rings. The minimum atomic E-state index is -0.416. The molecule has 1 heterocycles. The summed E-state index contributed by atoms with van der Waals surface area (Å²) < 4.78 is 10.2. The van der Waals surface area contributed by atoms with Gasteiger partial charge in [0, 0.05) is 5.69 Å². The number of rotatable bonds is 6. The molecule has 0 fully saturated rings. The number of hydrogen-bond acceptors (Lipinski definition) is 5. The molecular formula is C18H21NO4S. The molecule has 24 heavy (non-hydrogen) atoms. The zero-order chi connectivity index (χ0) is 17.7. The van der Waals surface area contributed by atoms with Crippen molar-refractivity contribution in [3.8, 4) is 0 Å². The standard InChI is InChI=1S/C18H21NO4S/c1-11-6-5-7-12(2)17(11)19-16(20)10-24-9-14-8-15(13(3)23-14)18(21)22-4/h5-8H,9-10H2,1-4H3,(H,19,20). The van der Waals surface area contributed by atoms with Gasteiger partial charge in [-0.3, -0.25) is 4.79 Å². The van der Waals surface area contributed by atoms with Gasteiger partial charge < -0.3 is 14.5 Å². The third-order valence-corrected chi connectivity index (χ3v) is 4.55. The Morgan fingerprint density at radius 2 is 1.88 bits per heavy atom. The van der Waals surface area contributed by atoms with Crippen molar-refractivity contribution in [2.24, 2.45) is 0 Å². The summed E-state index contributed by atoms with van der Waals surface area (Å²) in [5, 5.41) is 2.94. The number of thioether (sulfide) groups is 1. The van der Waals surface area contributed by atoms with E-state index < -0.39 is 5.97 Å². The van der Waals surface area contributed by atoms with Crippen molar-refractivity contribution < 1.29 is 18.7 Å². The topological polar surface area (TPSA) is 68.5 Å². The van der Waals surface area contributed by atoms with Gasteiger partial charge in [0.1, 0.15) is 17.1 Å². The van der Waals surface area contributed by atoms with Gasteiger partial charge in [0.2, 0.25) is 5.91 Å². The fourth-order valence-corrected chi connectivity index (χ4v) is 3.06. The largest absolute Gasteiger partial charge is 0.465 e. The fraction of sp³-hybridized carbons (Fsp3) is 0.333. The van der Waals surface area contributed by atoms with Crippen LogP contribution in [0.1, 0.15) is 33.0 Å². The number of furan rings is 1. The van der Waals surface area contributed by atoms with Crippen molar-refractivity contribution in [1.29, 1.82) is 0 Å². The van der Waals surface area contributed by atoms with Crippen LogP contribution in [0.2, 0.25) is 0 Å². The molecule has 2 rings (SSSR count). The van der Waals surface area contributed by atoms with E-state index in [9.17, 15) is 9.59 Å². The van der Waals surface area contributed by atoms with Gasteiger partial charge in [0.05, 0.1) is 18.6 Å². The first-order valence-electron chi connectivity index (χ1n) is 7.53. The summed E-state index contributed by atoms with van der Waals surface area (Å²) in [4.78, 5) is 23.6. The van der Waals surface area contributed by atoms with Gasteiger partial charge in [-0.05, 0) is 38.0 Å². The van der Waals surface area contributed by atoms with Crippen LogP contribution in [0.5, 0.6) is 0 Å². The third kappa shape index (κ3) is 4.41.